The van der Waals surface area contributed by atoms with Gasteiger partial charge >= 0.3 is 5.97 Å². The number of anilines is 2. The molecule has 0 radical (unpaired) electrons. The van der Waals surface area contributed by atoms with Crippen molar-refractivity contribution in [3.05, 3.63) is 52.1 Å². The van der Waals surface area contributed by atoms with Crippen LogP contribution in [0.1, 0.15) is 43.2 Å². The topological polar surface area (TPSA) is 203 Å². The van der Waals surface area contributed by atoms with Gasteiger partial charge < -0.3 is 19.7 Å². The van der Waals surface area contributed by atoms with Gasteiger partial charge in [-0.25, -0.2) is 14.8 Å². The maximum absolute atomic E-state index is 12.7. The van der Waals surface area contributed by atoms with Gasteiger partial charge in [-0.15, -0.1) is 0 Å². The van der Waals surface area contributed by atoms with Crippen molar-refractivity contribution in [2.45, 2.75) is 39.8 Å². The standard InChI is InChI=1S/C26H29N7O8/c1-14(2)22(36)31-26-30-21-20(24(38)32-26)28-17(11-27-21)12-33(15(3)35)18-7-5-16(6-8-18)23(37)29-19(25(39)40-4)9-10-41-13-34/h5-8,11,13-14,19H,9-10,12H2,1-4H3,(H,29,37)(H2,27,30,31,32,36,38)/t19-/m0/s1. The van der Waals surface area contributed by atoms with E-state index in [1.165, 1.54) is 49.4 Å². The number of carbonyl (C=O) groups excluding carboxylic acids is 5. The normalized spacial score (nSPS) is 11.4. The lowest BCUT2D eigenvalue weighted by Gasteiger charge is -2.21. The number of hydrogen-bond donors (Lipinski definition) is 3. The fourth-order valence-corrected chi connectivity index (χ4v) is 3.56. The molecule has 0 aliphatic carbocycles. The number of aromatic amines is 1. The van der Waals surface area contributed by atoms with E-state index in [2.05, 4.69) is 40.0 Å². The molecule has 0 saturated carbocycles. The average Bonchev–Trinajstić information content (AvgIpc) is 2.95. The number of hydrogen-bond acceptors (Lipinski definition) is 11. The average molecular weight is 568 g/mol. The lowest BCUT2D eigenvalue weighted by molar-refractivity contribution is -0.144. The highest BCUT2D eigenvalue weighted by Crippen LogP contribution is 2.19. The summed E-state index contributed by atoms with van der Waals surface area (Å²) in [6, 6.07) is 4.96. The zero-order chi connectivity index (χ0) is 30.1. The molecule has 3 amide bonds. The summed E-state index contributed by atoms with van der Waals surface area (Å²) in [6.07, 6.45) is 1.38. The zero-order valence-electron chi connectivity index (χ0n) is 22.8. The second-order valence-electron chi connectivity index (χ2n) is 9.05. The van der Waals surface area contributed by atoms with Crippen LogP contribution in [0.15, 0.2) is 35.3 Å². The van der Waals surface area contributed by atoms with E-state index in [9.17, 15) is 28.8 Å². The Labute approximate surface area is 233 Å². The Balaban J connectivity index is 1.77. The van der Waals surface area contributed by atoms with Crippen molar-refractivity contribution in [1.82, 2.24) is 25.3 Å². The minimum atomic E-state index is -1.03. The number of methoxy groups -OCH3 is 1. The molecule has 41 heavy (non-hydrogen) atoms. The molecule has 2 heterocycles. The largest absolute Gasteiger partial charge is 0.468 e. The summed E-state index contributed by atoms with van der Waals surface area (Å²) < 4.78 is 9.27. The molecule has 1 atom stereocenters. The monoisotopic (exact) mass is 567 g/mol. The second kappa shape index (κ2) is 13.7. The minimum Gasteiger partial charge on any atom is -0.468 e. The van der Waals surface area contributed by atoms with Crippen LogP contribution in [-0.4, -0.2) is 69.9 Å². The molecule has 3 aromatic rings. The number of benzene rings is 1. The van der Waals surface area contributed by atoms with Crippen LogP contribution in [0.5, 0.6) is 0 Å². The van der Waals surface area contributed by atoms with Crippen LogP contribution in [0.25, 0.3) is 11.2 Å². The van der Waals surface area contributed by atoms with Gasteiger partial charge in [0.1, 0.15) is 6.04 Å². The molecule has 0 aliphatic rings. The SMILES string of the molecule is COC(=O)[C@H](CCOC=O)NC(=O)c1ccc(N(Cc2cnc3nc(NC(=O)C(C)C)[nH]c(=O)c3n2)C(C)=O)cc1. The van der Waals surface area contributed by atoms with Crippen LogP contribution < -0.4 is 21.1 Å². The fourth-order valence-electron chi connectivity index (χ4n) is 3.56. The van der Waals surface area contributed by atoms with Crippen molar-refractivity contribution in [3.8, 4) is 0 Å². The summed E-state index contributed by atoms with van der Waals surface area (Å²) in [6.45, 7) is 4.83. The molecule has 0 fully saturated rings. The van der Waals surface area contributed by atoms with Gasteiger partial charge in [0.05, 0.1) is 32.2 Å². The molecule has 0 aliphatic heterocycles. The first-order chi connectivity index (χ1) is 19.5. The highest BCUT2D eigenvalue weighted by atomic mass is 16.5. The number of ether oxygens (including phenoxy) is 2. The van der Waals surface area contributed by atoms with E-state index in [4.69, 9.17) is 0 Å². The highest BCUT2D eigenvalue weighted by Gasteiger charge is 2.23. The van der Waals surface area contributed by atoms with Crippen LogP contribution in [0, 0.1) is 5.92 Å². The lowest BCUT2D eigenvalue weighted by Crippen LogP contribution is -2.42. The summed E-state index contributed by atoms with van der Waals surface area (Å²) in [5, 5.41) is 5.03. The van der Waals surface area contributed by atoms with Gasteiger partial charge in [0.2, 0.25) is 17.8 Å². The van der Waals surface area contributed by atoms with E-state index in [0.717, 1.165) is 0 Å². The number of nitrogens with one attached hydrogen (secondary N) is 3. The Morgan fingerprint density at radius 2 is 1.83 bits per heavy atom. The van der Waals surface area contributed by atoms with Crippen molar-refractivity contribution in [2.24, 2.45) is 5.92 Å². The summed E-state index contributed by atoms with van der Waals surface area (Å²) in [4.78, 5) is 88.4. The van der Waals surface area contributed by atoms with Crippen molar-refractivity contribution >= 4 is 53.0 Å². The second-order valence-corrected chi connectivity index (χ2v) is 9.05. The molecule has 3 rings (SSSR count). The van der Waals surface area contributed by atoms with E-state index in [-0.39, 0.29) is 66.5 Å². The number of H-pyrrole nitrogens is 1. The Bertz CT molecular complexity index is 1500. The minimum absolute atomic E-state index is 0.0178. The molecule has 3 N–H and O–H groups in total. The summed E-state index contributed by atoms with van der Waals surface area (Å²) >= 11 is 0. The number of aromatic nitrogens is 4. The Morgan fingerprint density at radius 3 is 2.44 bits per heavy atom. The van der Waals surface area contributed by atoms with Crippen LogP contribution in [0.2, 0.25) is 0 Å². The lowest BCUT2D eigenvalue weighted by atomic mass is 10.1. The predicted molar refractivity (Wildman–Crippen MR) is 145 cm³/mol. The first kappa shape index (κ1) is 30.3. The fraction of sp³-hybridized carbons (Fsp3) is 0.346. The molecule has 0 saturated heterocycles. The number of esters is 1. The van der Waals surface area contributed by atoms with Crippen LogP contribution in [-0.2, 0) is 35.2 Å². The summed E-state index contributed by atoms with van der Waals surface area (Å²) in [5.74, 6) is -2.33. The molecule has 0 spiro atoms. The zero-order valence-corrected chi connectivity index (χ0v) is 22.8. The third-order valence-electron chi connectivity index (χ3n) is 5.76. The van der Waals surface area contributed by atoms with E-state index in [0.29, 0.717) is 11.4 Å². The highest BCUT2D eigenvalue weighted by molar-refractivity contribution is 5.98. The van der Waals surface area contributed by atoms with Gasteiger partial charge in [0.25, 0.3) is 17.9 Å². The molecular formula is C26H29N7O8. The van der Waals surface area contributed by atoms with E-state index < -0.39 is 23.5 Å². The summed E-state index contributed by atoms with van der Waals surface area (Å²) in [7, 11) is 1.17. The number of amides is 3. The van der Waals surface area contributed by atoms with Gasteiger partial charge in [0.15, 0.2) is 11.2 Å². The molecule has 15 nitrogen and oxygen atoms in total. The molecule has 0 bridgehead atoms. The summed E-state index contributed by atoms with van der Waals surface area (Å²) in [5.41, 5.74) is 0.253. The molecule has 216 valence electrons. The van der Waals surface area contributed by atoms with Gasteiger partial charge in [-0.1, -0.05) is 13.8 Å². The molecule has 0 unspecified atom stereocenters. The van der Waals surface area contributed by atoms with E-state index in [1.54, 1.807) is 13.8 Å². The van der Waals surface area contributed by atoms with Gasteiger partial charge in [0, 0.05) is 30.5 Å². The van der Waals surface area contributed by atoms with Gasteiger partial charge in [-0.3, -0.25) is 34.3 Å². The first-order valence-corrected chi connectivity index (χ1v) is 12.4. The number of carbonyl (C=O) groups is 5. The Kier molecular flexibility index (Phi) is 10.2. The molecule has 15 heteroatoms. The van der Waals surface area contributed by atoms with Crippen molar-refractivity contribution < 1.29 is 33.4 Å². The number of rotatable bonds is 12. The predicted octanol–water partition coefficient (Wildman–Crippen LogP) is 0.695. The van der Waals surface area contributed by atoms with Crippen LogP contribution >= 0.6 is 0 Å². The van der Waals surface area contributed by atoms with Crippen molar-refractivity contribution in [2.75, 3.05) is 23.9 Å². The van der Waals surface area contributed by atoms with Crippen LogP contribution in [0.4, 0.5) is 11.6 Å². The number of nitrogens with zero attached hydrogens (tertiary/aromatic N) is 4. The molecule has 1 aromatic carbocycles. The first-order valence-electron chi connectivity index (χ1n) is 12.4. The van der Waals surface area contributed by atoms with Gasteiger partial charge in [-0.05, 0) is 24.3 Å². The number of fused-ring (bicyclic) bond motifs is 1. The third-order valence-corrected chi connectivity index (χ3v) is 5.76. The maximum atomic E-state index is 12.7. The van der Waals surface area contributed by atoms with Crippen molar-refractivity contribution in [3.63, 3.8) is 0 Å². The van der Waals surface area contributed by atoms with E-state index >= 15 is 0 Å². The maximum Gasteiger partial charge on any atom is 0.328 e. The molecular weight excluding hydrogens is 538 g/mol. The quantitative estimate of drug-likeness (QED) is 0.158. The van der Waals surface area contributed by atoms with Crippen LogP contribution in [0.3, 0.4) is 0 Å². The van der Waals surface area contributed by atoms with Crippen molar-refractivity contribution in [1.29, 1.82) is 0 Å². The Morgan fingerprint density at radius 1 is 1.12 bits per heavy atom. The Hall–Kier alpha value is -5.21. The third kappa shape index (κ3) is 7.90. The van der Waals surface area contributed by atoms with E-state index in [1.807, 2.05) is 0 Å². The smallest absolute Gasteiger partial charge is 0.328 e. The molecule has 2 aromatic heterocycles. The van der Waals surface area contributed by atoms with Gasteiger partial charge in [-0.2, -0.15) is 4.98 Å².